The van der Waals surface area contributed by atoms with E-state index in [2.05, 4.69) is 0 Å². The van der Waals surface area contributed by atoms with Crippen molar-refractivity contribution in [2.75, 3.05) is 30.9 Å². The van der Waals surface area contributed by atoms with Crippen LogP contribution in [0, 0.1) is 16.1 Å². The molecule has 2 aromatic heterocycles. The van der Waals surface area contributed by atoms with Gasteiger partial charge in [0.15, 0.2) is 0 Å². The van der Waals surface area contributed by atoms with Crippen LogP contribution in [0.1, 0.15) is 18.9 Å². The van der Waals surface area contributed by atoms with Gasteiger partial charge in [-0.1, -0.05) is 11.8 Å². The quantitative estimate of drug-likeness (QED) is 0.183. The largest absolute Gasteiger partial charge is 0.496 e. The third-order valence-corrected chi connectivity index (χ3v) is 13.2. The van der Waals surface area contributed by atoms with Crippen LogP contribution in [0.15, 0.2) is 37.7 Å². The Morgan fingerprint density at radius 1 is 0.868 bits per heavy atom. The highest BCUT2D eigenvalue weighted by Gasteiger charge is 2.38. The molecule has 23 heteroatoms. The molecule has 1 fully saturated rings. The average molecular weight is 829 g/mol. The number of anilines is 1. The fourth-order valence-electron chi connectivity index (χ4n) is 5.35. The van der Waals surface area contributed by atoms with Gasteiger partial charge in [-0.15, -0.1) is 22.7 Å². The fourth-order valence-corrected chi connectivity index (χ4v) is 10.4. The highest BCUT2D eigenvalue weighted by atomic mass is 32.2. The molecule has 0 spiro atoms. The molecular weight excluding hydrogens is 801 g/mol. The number of aliphatic carboxylic acids is 3. The summed E-state index contributed by atoms with van der Waals surface area (Å²) in [6.07, 6.45) is 1.66. The van der Waals surface area contributed by atoms with E-state index < -0.39 is 80.6 Å². The van der Waals surface area contributed by atoms with Crippen molar-refractivity contribution in [3.05, 3.63) is 67.9 Å². The van der Waals surface area contributed by atoms with E-state index in [1.807, 2.05) is 13.0 Å². The average Bonchev–Trinajstić information content (AvgIpc) is 3.74. The van der Waals surface area contributed by atoms with E-state index in [0.717, 1.165) is 26.4 Å². The molecule has 4 N–H and O–H groups in total. The van der Waals surface area contributed by atoms with Gasteiger partial charge in [0.2, 0.25) is 0 Å². The molecule has 0 atom stereocenters. The van der Waals surface area contributed by atoms with Crippen LogP contribution in [0.2, 0.25) is 0 Å². The number of thiazole rings is 2. The maximum atomic E-state index is 13.9. The second-order valence-corrected chi connectivity index (χ2v) is 17.0. The molecule has 5 rings (SSSR count). The van der Waals surface area contributed by atoms with E-state index >= 15 is 0 Å². The molecule has 2 aliphatic rings. The number of ether oxygens (including phenoxy) is 1. The van der Waals surface area contributed by atoms with Crippen LogP contribution in [0.4, 0.5) is 10.5 Å². The minimum absolute atomic E-state index is 0.00197. The Labute approximate surface area is 314 Å². The van der Waals surface area contributed by atoms with Crippen molar-refractivity contribution in [1.29, 1.82) is 0 Å². The van der Waals surface area contributed by atoms with Gasteiger partial charge in [0, 0.05) is 11.4 Å². The van der Waals surface area contributed by atoms with E-state index in [9.17, 15) is 56.7 Å². The van der Waals surface area contributed by atoms with Gasteiger partial charge in [-0.25, -0.2) is 0 Å². The van der Waals surface area contributed by atoms with Gasteiger partial charge >= 0.3 is 17.9 Å². The Morgan fingerprint density at radius 3 is 2.08 bits per heavy atom. The molecule has 282 valence electrons. The first-order valence-corrected chi connectivity index (χ1v) is 19.9. The van der Waals surface area contributed by atoms with E-state index in [-0.39, 0.29) is 31.4 Å². The zero-order chi connectivity index (χ0) is 39.1. The topological polar surface area (TPSA) is 260 Å². The first-order valence-electron chi connectivity index (χ1n) is 15.0. The zero-order valence-corrected chi connectivity index (χ0v) is 31.8. The summed E-state index contributed by atoms with van der Waals surface area (Å²) < 4.78 is 38.4. The number of amides is 2. The molecule has 1 aromatic carbocycles. The Bertz CT molecular complexity index is 2600. The minimum atomic E-state index is -4.26. The molecule has 0 aliphatic carbocycles. The predicted molar refractivity (Wildman–Crippen MR) is 194 cm³/mol. The zero-order valence-electron chi connectivity index (χ0n) is 27.7. The van der Waals surface area contributed by atoms with E-state index in [0.29, 0.717) is 54.6 Å². The van der Waals surface area contributed by atoms with Crippen molar-refractivity contribution in [1.82, 2.24) is 14.0 Å². The second-order valence-electron chi connectivity index (χ2n) is 11.4. The normalized spacial score (nSPS) is 17.5. The molecular formula is C30H28N4O14S5. The number of nitrogens with zero attached hydrogens (tertiary/aromatic N) is 4. The summed E-state index contributed by atoms with van der Waals surface area (Å²) in [7, 11) is -2.75. The van der Waals surface area contributed by atoms with Crippen LogP contribution in [-0.4, -0.2) is 97.3 Å². The third kappa shape index (κ3) is 8.28. The van der Waals surface area contributed by atoms with Gasteiger partial charge in [-0.3, -0.25) is 52.1 Å². The van der Waals surface area contributed by atoms with Gasteiger partial charge in [-0.2, -0.15) is 8.42 Å². The lowest BCUT2D eigenvalue weighted by atomic mass is 10.2. The number of hydrogen-bond donors (Lipinski definition) is 4. The lowest BCUT2D eigenvalue weighted by Gasteiger charge is -2.21. The number of imide groups is 1. The van der Waals surface area contributed by atoms with Gasteiger partial charge in [0.05, 0.1) is 28.1 Å². The van der Waals surface area contributed by atoms with Crippen LogP contribution in [0.5, 0.6) is 5.75 Å². The number of aromatic nitrogens is 2. The summed E-state index contributed by atoms with van der Waals surface area (Å²) in [6.45, 7) is 0.657. The first-order chi connectivity index (χ1) is 24.8. The van der Waals surface area contributed by atoms with Crippen molar-refractivity contribution < 1.29 is 57.0 Å². The summed E-state index contributed by atoms with van der Waals surface area (Å²) in [5, 5.41) is 28.0. The van der Waals surface area contributed by atoms with E-state index in [1.54, 1.807) is 24.0 Å². The number of carboxylic acids is 3. The number of carbonyl (C=O) groups excluding carboxylic acids is 2. The van der Waals surface area contributed by atoms with Crippen molar-refractivity contribution in [3.63, 3.8) is 0 Å². The number of benzene rings is 1. The number of methoxy groups -OCH3 is 1. The highest BCUT2D eigenvalue weighted by molar-refractivity contribution is 8.23. The third-order valence-electron chi connectivity index (χ3n) is 7.61. The van der Waals surface area contributed by atoms with Gasteiger partial charge < -0.3 is 25.0 Å². The summed E-state index contributed by atoms with van der Waals surface area (Å²) >= 11 is 2.86. The molecule has 0 bridgehead atoms. The first kappa shape index (κ1) is 39.5. The number of allylic oxidation sites excluding steroid dienone is 1. The summed E-state index contributed by atoms with van der Waals surface area (Å²) in [6, 6.07) is 3.63. The van der Waals surface area contributed by atoms with Gasteiger partial charge in [0.1, 0.15) is 44.1 Å². The molecule has 0 radical (unpaired) electrons. The molecule has 18 nitrogen and oxygen atoms in total. The summed E-state index contributed by atoms with van der Waals surface area (Å²) in [4.78, 5) is 90.7. The van der Waals surface area contributed by atoms with E-state index in [4.69, 9.17) is 9.84 Å². The second kappa shape index (κ2) is 15.4. The maximum absolute atomic E-state index is 13.9. The van der Waals surface area contributed by atoms with Gasteiger partial charge in [-0.05, 0) is 61.4 Å². The summed E-state index contributed by atoms with van der Waals surface area (Å²) in [5.74, 6) is -5.45. The molecule has 0 saturated carbocycles. The van der Waals surface area contributed by atoms with Crippen LogP contribution in [0.25, 0.3) is 10.5 Å². The SMILES string of the molecule is COc1cc2c(cc1C)N(CCCS(=O)(=O)O)C(=CC(C)=c1s/c(=c3/sc(=C4SC(=O)N(CC(=O)O)C4=O)n(CC(=O)O)c3=O)n(CC(=O)O)c1=O)S2. The van der Waals surface area contributed by atoms with Crippen molar-refractivity contribution in [2.45, 2.75) is 38.3 Å². The van der Waals surface area contributed by atoms with E-state index in [1.165, 1.54) is 18.9 Å². The molecule has 2 amide bonds. The molecule has 2 aliphatic heterocycles. The fraction of sp³-hybridized carbons (Fsp3) is 0.300. The minimum Gasteiger partial charge on any atom is -0.496 e. The number of hydrogen-bond acceptors (Lipinski definition) is 15. The monoisotopic (exact) mass is 828 g/mol. The number of carbonyl (C=O) groups is 5. The Balaban J connectivity index is 1.78. The number of fused-ring (bicyclic) bond motifs is 1. The number of aryl methyl sites for hydroxylation is 1. The molecule has 3 aromatic rings. The number of rotatable bonds is 12. The predicted octanol–water partition coefficient (Wildman–Crippen LogP) is 0.697. The maximum Gasteiger partial charge on any atom is 0.323 e. The van der Waals surface area contributed by atoms with Crippen LogP contribution in [0.3, 0.4) is 0 Å². The molecule has 4 heterocycles. The Morgan fingerprint density at radius 2 is 1.49 bits per heavy atom. The highest BCUT2D eigenvalue weighted by Crippen LogP contribution is 2.48. The number of carboxylic acid groups (broad SMARTS) is 3. The Kier molecular flexibility index (Phi) is 11.4. The summed E-state index contributed by atoms with van der Waals surface area (Å²) in [5.41, 5.74) is -0.000332. The Hall–Kier alpha value is -4.68. The molecule has 1 saturated heterocycles. The number of thioether (sulfide) groups is 2. The van der Waals surface area contributed by atoms with Crippen molar-refractivity contribution >= 4 is 102 Å². The van der Waals surface area contributed by atoms with Crippen molar-refractivity contribution in [3.8, 4) is 5.75 Å². The van der Waals surface area contributed by atoms with Crippen LogP contribution >= 0.6 is 46.2 Å². The van der Waals surface area contributed by atoms with Crippen molar-refractivity contribution in [2.24, 2.45) is 0 Å². The molecule has 53 heavy (non-hydrogen) atoms. The lowest BCUT2D eigenvalue weighted by Crippen LogP contribution is -2.35. The van der Waals surface area contributed by atoms with Crippen LogP contribution < -0.4 is 30.0 Å². The molecule has 0 unspecified atom stereocenters. The van der Waals surface area contributed by atoms with Crippen LogP contribution in [-0.2, 0) is 42.4 Å². The van der Waals surface area contributed by atoms with Gasteiger partial charge in [0.25, 0.3) is 32.4 Å². The lowest BCUT2D eigenvalue weighted by molar-refractivity contribution is -0.140. The standard InChI is InChI=1S/C30H28N4O14S5/c1-13-7-15-17(9-16(13)48-3)49-18(31(15)5-4-6-53(45,46)47)8-14(2)22-25(41)32(10-19(35)36)28(50-22)23-26(42)33(11-20(37)38)29(51-23)24-27(43)34(12-21(39)40)30(44)52-24/h7-9H,4-6,10-12H2,1-3H3,(H,35,36)(H,37,38)(H,39,40)(H,45,46,47)/b18-8?,22-14?,28-23+,29-24?. The smallest absolute Gasteiger partial charge is 0.323 e.